The molecule has 0 radical (unpaired) electrons. The first-order valence-electron chi connectivity index (χ1n) is 4.26. The van der Waals surface area contributed by atoms with Crippen molar-refractivity contribution in [2.24, 2.45) is 0 Å². The Morgan fingerprint density at radius 1 is 1.38 bits per heavy atom. The van der Waals surface area contributed by atoms with E-state index >= 15 is 0 Å². The number of hydrogen-bond acceptors (Lipinski definition) is 4. The van der Waals surface area contributed by atoms with Crippen molar-refractivity contribution in [3.63, 3.8) is 0 Å². The molecule has 1 aromatic carbocycles. The highest BCUT2D eigenvalue weighted by Crippen LogP contribution is 2.19. The molecule has 0 spiro atoms. The van der Waals surface area contributed by atoms with Crippen LogP contribution in [0.5, 0.6) is 0 Å². The summed E-state index contributed by atoms with van der Waals surface area (Å²) in [6, 6.07) is 10.3. The Hall–Kier alpha value is -0.710. The highest BCUT2D eigenvalue weighted by Gasteiger charge is 2.24. The van der Waals surface area contributed by atoms with Gasteiger partial charge in [-0.25, -0.2) is 0 Å². The maximum Gasteiger partial charge on any atom is 0.124 e. The van der Waals surface area contributed by atoms with E-state index in [4.69, 9.17) is 0 Å². The molecule has 2 rings (SSSR count). The molecular formula is C9H13N3S. The average molecular weight is 195 g/mol. The van der Waals surface area contributed by atoms with Gasteiger partial charge in [-0.2, -0.15) is 5.01 Å². The normalized spacial score (nSPS) is 23.8. The number of anilines is 1. The first-order chi connectivity index (χ1) is 6.29. The summed E-state index contributed by atoms with van der Waals surface area (Å²) in [4.78, 5) is 0. The van der Waals surface area contributed by atoms with Crippen LogP contribution in [-0.4, -0.2) is 24.2 Å². The van der Waals surface area contributed by atoms with Crippen LogP contribution in [0.4, 0.5) is 5.69 Å². The van der Waals surface area contributed by atoms with Crippen LogP contribution in [0.2, 0.25) is 0 Å². The Balaban J connectivity index is 2.19. The molecule has 0 aliphatic carbocycles. The van der Waals surface area contributed by atoms with E-state index in [9.17, 15) is 0 Å². The van der Waals surface area contributed by atoms with Crippen LogP contribution in [-0.2, 0) is 0 Å². The van der Waals surface area contributed by atoms with E-state index in [1.54, 1.807) is 0 Å². The van der Waals surface area contributed by atoms with Crippen molar-refractivity contribution >= 4 is 18.3 Å². The maximum atomic E-state index is 4.37. The minimum Gasteiger partial charge on any atom is -0.290 e. The summed E-state index contributed by atoms with van der Waals surface area (Å²) in [6.07, 6.45) is 0. The Kier molecular flexibility index (Phi) is 2.44. The molecule has 0 saturated carbocycles. The van der Waals surface area contributed by atoms with Gasteiger partial charge in [0.1, 0.15) is 5.50 Å². The van der Waals surface area contributed by atoms with Gasteiger partial charge >= 0.3 is 0 Å². The zero-order chi connectivity index (χ0) is 9.26. The topological polar surface area (TPSA) is 18.5 Å². The second kappa shape index (κ2) is 3.57. The molecule has 1 N–H and O–H groups in total. The van der Waals surface area contributed by atoms with E-state index in [1.165, 1.54) is 5.69 Å². The van der Waals surface area contributed by atoms with Crippen molar-refractivity contribution in [3.8, 4) is 0 Å². The standard InChI is InChI=1S/C9H13N3S/c1-11-9(13)10-7-12(11)8-5-3-2-4-6-8/h2-6,9-10,13H,7H2,1H3. The lowest BCUT2D eigenvalue weighted by atomic mass is 10.3. The lowest BCUT2D eigenvalue weighted by molar-refractivity contribution is 0.353. The Labute approximate surface area is 83.7 Å². The molecular weight excluding hydrogens is 182 g/mol. The maximum absolute atomic E-state index is 4.37. The highest BCUT2D eigenvalue weighted by atomic mass is 32.1. The van der Waals surface area contributed by atoms with Gasteiger partial charge in [-0.3, -0.25) is 10.3 Å². The summed E-state index contributed by atoms with van der Waals surface area (Å²) in [5.41, 5.74) is 1.30. The SMILES string of the molecule is CN1C(S)NCN1c1ccccc1. The molecule has 70 valence electrons. The zero-order valence-corrected chi connectivity index (χ0v) is 8.41. The fraction of sp³-hybridized carbons (Fsp3) is 0.333. The van der Waals surface area contributed by atoms with Crippen LogP contribution in [0.1, 0.15) is 0 Å². The molecule has 1 aromatic rings. The Morgan fingerprint density at radius 2 is 2.08 bits per heavy atom. The molecule has 0 aromatic heterocycles. The third-order valence-corrected chi connectivity index (χ3v) is 2.73. The van der Waals surface area contributed by atoms with Gasteiger partial charge in [0.15, 0.2) is 0 Å². The van der Waals surface area contributed by atoms with E-state index in [0.29, 0.717) is 0 Å². The molecule has 1 aliphatic heterocycles. The minimum absolute atomic E-state index is 0.111. The van der Waals surface area contributed by atoms with E-state index in [-0.39, 0.29) is 5.50 Å². The lowest BCUT2D eigenvalue weighted by Gasteiger charge is -2.26. The first kappa shape index (κ1) is 8.87. The molecule has 1 unspecified atom stereocenters. The van der Waals surface area contributed by atoms with Crippen LogP contribution in [0.3, 0.4) is 0 Å². The third kappa shape index (κ3) is 1.65. The number of hydrogen-bond donors (Lipinski definition) is 2. The van der Waals surface area contributed by atoms with Crippen molar-refractivity contribution in [1.82, 2.24) is 10.3 Å². The fourth-order valence-corrected chi connectivity index (χ4v) is 1.62. The molecule has 1 heterocycles. The molecule has 1 saturated heterocycles. The van der Waals surface area contributed by atoms with Gasteiger partial charge in [-0.05, 0) is 12.1 Å². The van der Waals surface area contributed by atoms with Crippen molar-refractivity contribution in [3.05, 3.63) is 30.3 Å². The van der Waals surface area contributed by atoms with E-state index in [2.05, 4.69) is 40.1 Å². The van der Waals surface area contributed by atoms with Gasteiger partial charge in [-0.15, -0.1) is 12.6 Å². The summed E-state index contributed by atoms with van der Waals surface area (Å²) in [5.74, 6) is 0. The minimum atomic E-state index is 0.111. The Bertz CT molecular complexity index is 277. The summed E-state index contributed by atoms with van der Waals surface area (Å²) < 4.78 is 0. The van der Waals surface area contributed by atoms with Gasteiger partial charge in [0, 0.05) is 7.05 Å². The van der Waals surface area contributed by atoms with Gasteiger partial charge in [0.25, 0.3) is 0 Å². The highest BCUT2D eigenvalue weighted by molar-refractivity contribution is 7.80. The summed E-state index contributed by atoms with van der Waals surface area (Å²) >= 11 is 4.37. The number of nitrogens with zero attached hydrogens (tertiary/aromatic N) is 2. The number of nitrogens with one attached hydrogen (secondary N) is 1. The van der Waals surface area contributed by atoms with Gasteiger partial charge in [0.05, 0.1) is 12.4 Å². The molecule has 3 nitrogen and oxygen atoms in total. The van der Waals surface area contributed by atoms with E-state index in [1.807, 2.05) is 25.2 Å². The van der Waals surface area contributed by atoms with Crippen LogP contribution in [0, 0.1) is 0 Å². The summed E-state index contributed by atoms with van der Waals surface area (Å²) in [5, 5.41) is 7.45. The molecule has 0 amide bonds. The second-order valence-corrected chi connectivity index (χ2v) is 3.53. The number of para-hydroxylation sites is 1. The van der Waals surface area contributed by atoms with Crippen LogP contribution >= 0.6 is 12.6 Å². The monoisotopic (exact) mass is 195 g/mol. The van der Waals surface area contributed by atoms with Crippen molar-refractivity contribution in [1.29, 1.82) is 0 Å². The van der Waals surface area contributed by atoms with Gasteiger partial charge < -0.3 is 0 Å². The second-order valence-electron chi connectivity index (χ2n) is 3.04. The number of thiol groups is 1. The fourth-order valence-electron chi connectivity index (χ4n) is 1.42. The quantitative estimate of drug-likeness (QED) is 0.655. The zero-order valence-electron chi connectivity index (χ0n) is 7.51. The van der Waals surface area contributed by atoms with Crippen LogP contribution in [0.15, 0.2) is 30.3 Å². The average Bonchev–Trinajstić information content (AvgIpc) is 2.49. The molecule has 1 fully saturated rings. The lowest BCUT2D eigenvalue weighted by Crippen LogP contribution is -2.36. The van der Waals surface area contributed by atoms with Gasteiger partial charge in [-0.1, -0.05) is 18.2 Å². The predicted molar refractivity (Wildman–Crippen MR) is 57.5 cm³/mol. The largest absolute Gasteiger partial charge is 0.290 e. The van der Waals surface area contributed by atoms with Crippen LogP contribution in [0.25, 0.3) is 0 Å². The molecule has 13 heavy (non-hydrogen) atoms. The van der Waals surface area contributed by atoms with E-state index < -0.39 is 0 Å². The molecule has 0 bridgehead atoms. The van der Waals surface area contributed by atoms with Crippen molar-refractivity contribution < 1.29 is 0 Å². The molecule has 1 aliphatic rings. The first-order valence-corrected chi connectivity index (χ1v) is 4.77. The molecule has 1 atom stereocenters. The molecule has 4 heteroatoms. The summed E-state index contributed by atoms with van der Waals surface area (Å²) in [7, 11) is 2.02. The Morgan fingerprint density at radius 3 is 2.62 bits per heavy atom. The van der Waals surface area contributed by atoms with Crippen molar-refractivity contribution in [2.75, 3.05) is 18.7 Å². The number of hydrazine groups is 1. The van der Waals surface area contributed by atoms with Crippen LogP contribution < -0.4 is 10.3 Å². The van der Waals surface area contributed by atoms with Crippen molar-refractivity contribution in [2.45, 2.75) is 5.50 Å². The van der Waals surface area contributed by atoms with Gasteiger partial charge in [0.2, 0.25) is 0 Å². The smallest absolute Gasteiger partial charge is 0.124 e. The number of benzene rings is 1. The van der Waals surface area contributed by atoms with E-state index in [0.717, 1.165) is 6.67 Å². The predicted octanol–water partition coefficient (Wildman–Crippen LogP) is 1.11. The third-order valence-electron chi connectivity index (χ3n) is 2.21. The number of rotatable bonds is 1. The summed E-state index contributed by atoms with van der Waals surface area (Å²) in [6.45, 7) is 0.814.